The molecule has 2 rings (SSSR count). The molecule has 2 unspecified atom stereocenters. The maximum Gasteiger partial charge on any atom is 0.135 e. The summed E-state index contributed by atoms with van der Waals surface area (Å²) in [4.78, 5) is 14.2. The van der Waals surface area contributed by atoms with Gasteiger partial charge in [-0.25, -0.2) is 0 Å². The van der Waals surface area contributed by atoms with Crippen LogP contribution in [0.15, 0.2) is 30.3 Å². The molecular formula is C16H23NO. The quantitative estimate of drug-likeness (QED) is 0.811. The number of Topliss-reactive ketones (excluding diaryl/α,β-unsaturated/α-hetero) is 1. The van der Waals surface area contributed by atoms with E-state index in [0.29, 0.717) is 17.7 Å². The summed E-state index contributed by atoms with van der Waals surface area (Å²) in [5.41, 5.74) is 1.35. The molecule has 98 valence electrons. The predicted molar refractivity (Wildman–Crippen MR) is 74.3 cm³/mol. The number of benzene rings is 1. The van der Waals surface area contributed by atoms with Crippen molar-refractivity contribution in [3.8, 4) is 0 Å². The van der Waals surface area contributed by atoms with E-state index in [4.69, 9.17) is 0 Å². The van der Waals surface area contributed by atoms with E-state index in [9.17, 15) is 4.79 Å². The van der Waals surface area contributed by atoms with Gasteiger partial charge in [0.05, 0.1) is 0 Å². The number of hydrogen-bond donors (Lipinski definition) is 0. The molecule has 1 aromatic rings. The molecule has 2 nitrogen and oxygen atoms in total. The minimum atomic E-state index is 0.427. The fourth-order valence-electron chi connectivity index (χ4n) is 2.75. The van der Waals surface area contributed by atoms with Crippen LogP contribution in [-0.4, -0.2) is 23.3 Å². The smallest absolute Gasteiger partial charge is 0.135 e. The highest BCUT2D eigenvalue weighted by Crippen LogP contribution is 2.25. The molecule has 2 atom stereocenters. The highest BCUT2D eigenvalue weighted by atomic mass is 16.1. The lowest BCUT2D eigenvalue weighted by Crippen LogP contribution is -2.45. The number of hydrogen-bond acceptors (Lipinski definition) is 2. The number of rotatable bonds is 4. The van der Waals surface area contributed by atoms with Gasteiger partial charge < -0.3 is 0 Å². The van der Waals surface area contributed by atoms with Crippen molar-refractivity contribution in [3.05, 3.63) is 35.9 Å². The van der Waals surface area contributed by atoms with E-state index >= 15 is 0 Å². The van der Waals surface area contributed by atoms with E-state index in [1.807, 2.05) is 0 Å². The molecule has 0 N–H and O–H groups in total. The molecule has 1 aliphatic heterocycles. The van der Waals surface area contributed by atoms with Crippen molar-refractivity contribution in [2.75, 3.05) is 6.54 Å². The van der Waals surface area contributed by atoms with Gasteiger partial charge in [0, 0.05) is 32.0 Å². The van der Waals surface area contributed by atoms with Crippen molar-refractivity contribution >= 4 is 5.78 Å². The average molecular weight is 245 g/mol. The molecule has 1 fully saturated rings. The summed E-state index contributed by atoms with van der Waals surface area (Å²) in [7, 11) is 0. The summed E-state index contributed by atoms with van der Waals surface area (Å²) in [6.07, 6.45) is 2.60. The van der Waals surface area contributed by atoms with Crippen LogP contribution in [0.5, 0.6) is 0 Å². The fraction of sp³-hybridized carbons (Fsp3) is 0.562. The van der Waals surface area contributed by atoms with Gasteiger partial charge >= 0.3 is 0 Å². The summed E-state index contributed by atoms with van der Waals surface area (Å²) in [5.74, 6) is 1.03. The lowest BCUT2D eigenvalue weighted by atomic mass is 9.89. The molecule has 0 aliphatic carbocycles. The summed E-state index contributed by atoms with van der Waals surface area (Å²) < 4.78 is 0. The van der Waals surface area contributed by atoms with Crippen molar-refractivity contribution in [1.29, 1.82) is 0 Å². The van der Waals surface area contributed by atoms with Gasteiger partial charge in [0.15, 0.2) is 0 Å². The van der Waals surface area contributed by atoms with Gasteiger partial charge in [-0.15, -0.1) is 0 Å². The van der Waals surface area contributed by atoms with Crippen molar-refractivity contribution < 1.29 is 4.79 Å². The van der Waals surface area contributed by atoms with E-state index in [1.165, 1.54) is 5.56 Å². The third-order valence-corrected chi connectivity index (χ3v) is 4.11. The zero-order valence-corrected chi connectivity index (χ0v) is 11.4. The summed E-state index contributed by atoms with van der Waals surface area (Å²) in [6, 6.07) is 11.0. The molecule has 0 aromatic heterocycles. The minimum Gasteiger partial charge on any atom is -0.300 e. The lowest BCUT2D eigenvalue weighted by molar-refractivity contribution is -0.124. The Labute approximate surface area is 110 Å². The third kappa shape index (κ3) is 3.20. The molecule has 1 aromatic carbocycles. The molecule has 0 amide bonds. The Bertz CT molecular complexity index is 387. The number of ketones is 1. The van der Waals surface area contributed by atoms with Crippen molar-refractivity contribution in [2.45, 2.75) is 45.7 Å². The zero-order chi connectivity index (χ0) is 13.0. The molecule has 1 heterocycles. The zero-order valence-electron chi connectivity index (χ0n) is 11.4. The standard InChI is InChI=1S/C16H23NO/c1-3-13(2)16-11-15(18)9-10-17(16)12-14-7-5-4-6-8-14/h4-8,13,16H,3,9-12H2,1-2H3. The first-order valence-electron chi connectivity index (χ1n) is 7.00. The molecular weight excluding hydrogens is 222 g/mol. The van der Waals surface area contributed by atoms with Crippen LogP contribution in [0, 0.1) is 5.92 Å². The Balaban J connectivity index is 2.07. The second kappa shape index (κ2) is 6.14. The number of piperidine rings is 1. The van der Waals surface area contributed by atoms with Crippen LogP contribution in [0.2, 0.25) is 0 Å². The van der Waals surface area contributed by atoms with Crippen LogP contribution in [0.1, 0.15) is 38.7 Å². The van der Waals surface area contributed by atoms with Crippen LogP contribution >= 0.6 is 0 Å². The van der Waals surface area contributed by atoms with E-state index in [2.05, 4.69) is 49.1 Å². The normalized spacial score (nSPS) is 23.0. The topological polar surface area (TPSA) is 20.3 Å². The van der Waals surface area contributed by atoms with Gasteiger partial charge in [-0.2, -0.15) is 0 Å². The van der Waals surface area contributed by atoms with Crippen molar-refractivity contribution in [2.24, 2.45) is 5.92 Å². The number of likely N-dealkylation sites (tertiary alicyclic amines) is 1. The Morgan fingerprint density at radius 3 is 2.72 bits per heavy atom. The number of carbonyl (C=O) groups excluding carboxylic acids is 1. The van der Waals surface area contributed by atoms with Gasteiger partial charge in [0.25, 0.3) is 0 Å². The van der Waals surface area contributed by atoms with Gasteiger partial charge in [-0.1, -0.05) is 50.6 Å². The first-order chi connectivity index (χ1) is 8.70. The summed E-state index contributed by atoms with van der Waals surface area (Å²) in [6.45, 7) is 6.37. The monoisotopic (exact) mass is 245 g/mol. The molecule has 0 radical (unpaired) electrons. The molecule has 2 heteroatoms. The van der Waals surface area contributed by atoms with Gasteiger partial charge in [-0.05, 0) is 11.5 Å². The highest BCUT2D eigenvalue weighted by Gasteiger charge is 2.30. The van der Waals surface area contributed by atoms with Gasteiger partial charge in [-0.3, -0.25) is 9.69 Å². The average Bonchev–Trinajstić information content (AvgIpc) is 2.41. The van der Waals surface area contributed by atoms with E-state index in [-0.39, 0.29) is 0 Å². The molecule has 0 saturated carbocycles. The molecule has 1 saturated heterocycles. The van der Waals surface area contributed by atoms with Crippen LogP contribution in [-0.2, 0) is 11.3 Å². The number of carbonyl (C=O) groups is 1. The van der Waals surface area contributed by atoms with E-state index in [0.717, 1.165) is 32.4 Å². The maximum atomic E-state index is 11.7. The van der Waals surface area contributed by atoms with E-state index < -0.39 is 0 Å². The van der Waals surface area contributed by atoms with Crippen LogP contribution in [0.25, 0.3) is 0 Å². The largest absolute Gasteiger partial charge is 0.300 e. The minimum absolute atomic E-state index is 0.427. The second-order valence-corrected chi connectivity index (χ2v) is 5.40. The Morgan fingerprint density at radius 2 is 2.06 bits per heavy atom. The highest BCUT2D eigenvalue weighted by molar-refractivity contribution is 5.80. The third-order valence-electron chi connectivity index (χ3n) is 4.11. The lowest BCUT2D eigenvalue weighted by Gasteiger charge is -2.38. The van der Waals surface area contributed by atoms with Crippen LogP contribution in [0.3, 0.4) is 0 Å². The van der Waals surface area contributed by atoms with Crippen molar-refractivity contribution in [3.63, 3.8) is 0 Å². The van der Waals surface area contributed by atoms with Crippen molar-refractivity contribution in [1.82, 2.24) is 4.90 Å². The number of nitrogens with zero attached hydrogens (tertiary/aromatic N) is 1. The maximum absolute atomic E-state index is 11.7. The SMILES string of the molecule is CCC(C)C1CC(=O)CCN1Cc1ccccc1. The Hall–Kier alpha value is -1.15. The van der Waals surface area contributed by atoms with Gasteiger partial charge in [0.2, 0.25) is 0 Å². The summed E-state index contributed by atoms with van der Waals surface area (Å²) in [5, 5.41) is 0. The first kappa shape index (κ1) is 13.3. The van der Waals surface area contributed by atoms with Crippen LogP contribution in [0.4, 0.5) is 0 Å². The Kier molecular flexibility index (Phi) is 4.54. The molecule has 1 aliphatic rings. The first-order valence-corrected chi connectivity index (χ1v) is 7.00. The van der Waals surface area contributed by atoms with E-state index in [1.54, 1.807) is 0 Å². The summed E-state index contributed by atoms with van der Waals surface area (Å²) >= 11 is 0. The fourth-order valence-corrected chi connectivity index (χ4v) is 2.75. The molecule has 18 heavy (non-hydrogen) atoms. The molecule has 0 bridgehead atoms. The van der Waals surface area contributed by atoms with Crippen LogP contribution < -0.4 is 0 Å². The molecule has 0 spiro atoms. The second-order valence-electron chi connectivity index (χ2n) is 5.40. The predicted octanol–water partition coefficient (Wildman–Crippen LogP) is 3.27. The van der Waals surface area contributed by atoms with Gasteiger partial charge in [0.1, 0.15) is 5.78 Å². The Morgan fingerprint density at radius 1 is 1.33 bits per heavy atom.